The molecule has 0 amide bonds. The Hall–Kier alpha value is -0.860. The highest BCUT2D eigenvalue weighted by Crippen LogP contribution is 2.15. The Morgan fingerprint density at radius 3 is 2.58 bits per heavy atom. The maximum absolute atomic E-state index is 9.04. The van der Waals surface area contributed by atoms with Crippen molar-refractivity contribution in [2.45, 2.75) is 13.0 Å². The molecule has 1 aromatic rings. The second kappa shape index (κ2) is 4.24. The molecule has 2 heteroatoms. The van der Waals surface area contributed by atoms with E-state index in [-0.39, 0.29) is 12.6 Å². The monoisotopic (exact) mass is 165 g/mol. The molecule has 1 unspecified atom stereocenters. The average molecular weight is 165 g/mol. The van der Waals surface area contributed by atoms with Gasteiger partial charge in [-0.05, 0) is 25.1 Å². The van der Waals surface area contributed by atoms with Gasteiger partial charge in [0.15, 0.2) is 0 Å². The lowest BCUT2D eigenvalue weighted by atomic mass is 10.0. The quantitative estimate of drug-likeness (QED) is 0.706. The van der Waals surface area contributed by atoms with Crippen molar-refractivity contribution in [1.82, 2.24) is 5.32 Å². The van der Waals surface area contributed by atoms with Gasteiger partial charge in [-0.3, -0.25) is 0 Å². The predicted molar refractivity (Wildman–Crippen MR) is 50.1 cm³/mol. The summed E-state index contributed by atoms with van der Waals surface area (Å²) < 4.78 is 0. The van der Waals surface area contributed by atoms with Crippen molar-refractivity contribution >= 4 is 0 Å². The first kappa shape index (κ1) is 9.23. The van der Waals surface area contributed by atoms with Crippen LogP contribution >= 0.6 is 0 Å². The van der Waals surface area contributed by atoms with Gasteiger partial charge in [-0.15, -0.1) is 0 Å². The Morgan fingerprint density at radius 2 is 2.08 bits per heavy atom. The lowest BCUT2D eigenvalue weighted by Gasteiger charge is -2.15. The molecular weight excluding hydrogens is 150 g/mol. The lowest BCUT2D eigenvalue weighted by Crippen LogP contribution is -2.20. The van der Waals surface area contributed by atoms with Gasteiger partial charge >= 0.3 is 0 Å². The van der Waals surface area contributed by atoms with Gasteiger partial charge in [0, 0.05) is 0 Å². The molecule has 0 aliphatic rings. The number of aliphatic hydroxyl groups excluding tert-OH is 1. The van der Waals surface area contributed by atoms with E-state index >= 15 is 0 Å². The van der Waals surface area contributed by atoms with Crippen molar-refractivity contribution in [3.63, 3.8) is 0 Å². The van der Waals surface area contributed by atoms with E-state index < -0.39 is 0 Å². The number of nitrogens with one attached hydrogen (secondary N) is 1. The number of likely N-dealkylation sites (N-methyl/N-ethyl adjacent to an activating group) is 1. The minimum absolute atomic E-state index is 0.0613. The summed E-state index contributed by atoms with van der Waals surface area (Å²) in [5, 5.41) is 12.1. The minimum atomic E-state index is 0.0613. The van der Waals surface area contributed by atoms with Crippen molar-refractivity contribution in [2.75, 3.05) is 13.7 Å². The van der Waals surface area contributed by atoms with Gasteiger partial charge in [0.2, 0.25) is 0 Å². The van der Waals surface area contributed by atoms with E-state index in [4.69, 9.17) is 5.11 Å². The van der Waals surface area contributed by atoms with Crippen LogP contribution in [0.3, 0.4) is 0 Å². The van der Waals surface area contributed by atoms with Gasteiger partial charge < -0.3 is 10.4 Å². The van der Waals surface area contributed by atoms with Crippen LogP contribution in [0.5, 0.6) is 0 Å². The van der Waals surface area contributed by atoms with E-state index in [1.54, 1.807) is 0 Å². The number of aryl methyl sites for hydroxylation is 1. The minimum Gasteiger partial charge on any atom is -0.394 e. The smallest absolute Gasteiger partial charge is 0.0626 e. The van der Waals surface area contributed by atoms with E-state index in [2.05, 4.69) is 18.3 Å². The normalized spacial score (nSPS) is 12.9. The summed E-state index contributed by atoms with van der Waals surface area (Å²) in [6.07, 6.45) is 0. The SMILES string of the molecule is CNC(CO)c1ccccc1C. The summed E-state index contributed by atoms with van der Waals surface area (Å²) in [7, 11) is 1.85. The Balaban J connectivity index is 2.92. The zero-order valence-electron chi connectivity index (χ0n) is 7.54. The molecule has 0 saturated heterocycles. The molecule has 1 rings (SSSR count). The Morgan fingerprint density at radius 1 is 1.42 bits per heavy atom. The van der Waals surface area contributed by atoms with Gasteiger partial charge in [0.05, 0.1) is 12.6 Å². The molecule has 0 aromatic heterocycles. The van der Waals surface area contributed by atoms with E-state index in [9.17, 15) is 0 Å². The fourth-order valence-corrected chi connectivity index (χ4v) is 1.32. The summed E-state index contributed by atoms with van der Waals surface area (Å²) >= 11 is 0. The summed E-state index contributed by atoms with van der Waals surface area (Å²) in [6, 6.07) is 8.14. The maximum atomic E-state index is 9.04. The highest BCUT2D eigenvalue weighted by Gasteiger charge is 2.08. The van der Waals surface area contributed by atoms with Gasteiger partial charge in [0.1, 0.15) is 0 Å². The second-order valence-electron chi connectivity index (χ2n) is 2.88. The maximum Gasteiger partial charge on any atom is 0.0626 e. The predicted octanol–water partition coefficient (Wildman–Crippen LogP) is 1.25. The summed E-state index contributed by atoms with van der Waals surface area (Å²) in [4.78, 5) is 0. The second-order valence-corrected chi connectivity index (χ2v) is 2.88. The van der Waals surface area contributed by atoms with Crippen LogP contribution in [-0.2, 0) is 0 Å². The number of rotatable bonds is 3. The van der Waals surface area contributed by atoms with E-state index in [1.807, 2.05) is 25.2 Å². The van der Waals surface area contributed by atoms with Crippen molar-refractivity contribution in [1.29, 1.82) is 0 Å². The number of hydrogen-bond donors (Lipinski definition) is 2. The molecule has 12 heavy (non-hydrogen) atoms. The topological polar surface area (TPSA) is 32.3 Å². The van der Waals surface area contributed by atoms with Gasteiger partial charge in [-0.25, -0.2) is 0 Å². The molecule has 0 spiro atoms. The van der Waals surface area contributed by atoms with E-state index in [1.165, 1.54) is 11.1 Å². The van der Waals surface area contributed by atoms with Crippen molar-refractivity contribution in [2.24, 2.45) is 0 Å². The molecule has 0 heterocycles. The highest BCUT2D eigenvalue weighted by atomic mass is 16.3. The molecule has 0 saturated carbocycles. The zero-order chi connectivity index (χ0) is 8.97. The summed E-state index contributed by atoms with van der Waals surface area (Å²) in [6.45, 7) is 2.19. The first-order valence-electron chi connectivity index (χ1n) is 4.13. The largest absolute Gasteiger partial charge is 0.394 e. The molecule has 0 radical (unpaired) electrons. The third-order valence-corrected chi connectivity index (χ3v) is 2.09. The van der Waals surface area contributed by atoms with Gasteiger partial charge in [-0.2, -0.15) is 0 Å². The van der Waals surface area contributed by atoms with Crippen molar-refractivity contribution in [3.05, 3.63) is 35.4 Å². The van der Waals surface area contributed by atoms with Crippen LogP contribution in [0.2, 0.25) is 0 Å². The molecule has 0 aliphatic heterocycles. The third-order valence-electron chi connectivity index (χ3n) is 2.09. The molecule has 0 bridgehead atoms. The van der Waals surface area contributed by atoms with Crippen molar-refractivity contribution < 1.29 is 5.11 Å². The summed E-state index contributed by atoms with van der Waals surface area (Å²) in [5.74, 6) is 0. The van der Waals surface area contributed by atoms with Crippen LogP contribution in [-0.4, -0.2) is 18.8 Å². The van der Waals surface area contributed by atoms with Crippen LogP contribution in [0, 0.1) is 6.92 Å². The molecule has 0 aliphatic carbocycles. The van der Waals surface area contributed by atoms with Crippen LogP contribution in [0.15, 0.2) is 24.3 Å². The highest BCUT2D eigenvalue weighted by molar-refractivity contribution is 5.28. The fraction of sp³-hybridized carbons (Fsp3) is 0.400. The standard InChI is InChI=1S/C10H15NO/c1-8-5-3-4-6-9(8)10(7-12)11-2/h3-6,10-12H,7H2,1-2H3. The Bertz CT molecular complexity index is 243. The first-order chi connectivity index (χ1) is 5.79. The molecule has 66 valence electrons. The number of aliphatic hydroxyl groups is 1. The lowest BCUT2D eigenvalue weighted by molar-refractivity contribution is 0.250. The van der Waals surface area contributed by atoms with E-state index in [0.717, 1.165) is 0 Å². The molecule has 0 fully saturated rings. The van der Waals surface area contributed by atoms with Crippen LogP contribution in [0.25, 0.3) is 0 Å². The van der Waals surface area contributed by atoms with Crippen molar-refractivity contribution in [3.8, 4) is 0 Å². The van der Waals surface area contributed by atoms with Crippen LogP contribution in [0.4, 0.5) is 0 Å². The molecule has 1 aromatic carbocycles. The average Bonchev–Trinajstić information content (AvgIpc) is 2.10. The molecular formula is C10H15NO. The van der Waals surface area contributed by atoms with Crippen LogP contribution in [0.1, 0.15) is 17.2 Å². The number of hydrogen-bond acceptors (Lipinski definition) is 2. The van der Waals surface area contributed by atoms with Gasteiger partial charge in [0.25, 0.3) is 0 Å². The third kappa shape index (κ3) is 1.84. The van der Waals surface area contributed by atoms with E-state index in [0.29, 0.717) is 0 Å². The Kier molecular flexibility index (Phi) is 3.26. The van der Waals surface area contributed by atoms with Crippen LogP contribution < -0.4 is 5.32 Å². The number of benzene rings is 1. The molecule has 2 nitrogen and oxygen atoms in total. The van der Waals surface area contributed by atoms with Gasteiger partial charge in [-0.1, -0.05) is 24.3 Å². The zero-order valence-corrected chi connectivity index (χ0v) is 7.54. The first-order valence-corrected chi connectivity index (χ1v) is 4.13. The molecule has 2 N–H and O–H groups in total. The summed E-state index contributed by atoms with van der Waals surface area (Å²) in [5.41, 5.74) is 2.38. The molecule has 1 atom stereocenters. The fourth-order valence-electron chi connectivity index (χ4n) is 1.32. The Labute approximate surface area is 73.2 Å².